The summed E-state index contributed by atoms with van der Waals surface area (Å²) in [6.45, 7) is 1.32. The minimum atomic E-state index is -3.67. The van der Waals surface area contributed by atoms with Crippen molar-refractivity contribution in [2.45, 2.75) is 24.3 Å². The molecule has 0 spiro atoms. The second-order valence-electron chi connectivity index (χ2n) is 4.27. The quantitative estimate of drug-likeness (QED) is 0.785. The van der Waals surface area contributed by atoms with Gasteiger partial charge in [0.25, 0.3) is 0 Å². The molecule has 7 heteroatoms. The summed E-state index contributed by atoms with van der Waals surface area (Å²) in [7, 11) is -2.28. The van der Waals surface area contributed by atoms with Crippen molar-refractivity contribution in [1.82, 2.24) is 4.31 Å². The van der Waals surface area contributed by atoms with E-state index in [1.165, 1.54) is 31.3 Å². The van der Waals surface area contributed by atoms with Crippen LogP contribution in [0.4, 0.5) is 0 Å². The van der Waals surface area contributed by atoms with E-state index >= 15 is 0 Å². The number of carbonyl (C=O) groups is 1. The highest BCUT2D eigenvalue weighted by Crippen LogP contribution is 2.17. The molecule has 0 radical (unpaired) electrons. The second kappa shape index (κ2) is 6.14. The van der Waals surface area contributed by atoms with Crippen LogP contribution in [-0.4, -0.2) is 48.6 Å². The van der Waals surface area contributed by atoms with Gasteiger partial charge in [-0.05, 0) is 24.6 Å². The Morgan fingerprint density at radius 3 is 2.26 bits per heavy atom. The van der Waals surface area contributed by atoms with E-state index in [4.69, 9.17) is 10.2 Å². The summed E-state index contributed by atoms with van der Waals surface area (Å²) < 4.78 is 25.4. The van der Waals surface area contributed by atoms with Crippen LogP contribution in [0.3, 0.4) is 0 Å². The first-order valence-corrected chi connectivity index (χ1v) is 7.12. The zero-order valence-electron chi connectivity index (χ0n) is 10.8. The standard InChI is InChI=1S/C12H17NO5S/c1-9(8-14)13(2)19(17,18)11-5-3-10(4-6-11)7-12(15)16/h3-6,9,14H,7-8H2,1-2H3,(H,15,16). The number of hydrogen-bond acceptors (Lipinski definition) is 4. The van der Waals surface area contributed by atoms with E-state index < -0.39 is 22.0 Å². The number of likely N-dealkylation sites (N-methyl/N-ethyl adjacent to an activating group) is 1. The lowest BCUT2D eigenvalue weighted by Crippen LogP contribution is -2.37. The van der Waals surface area contributed by atoms with Crippen molar-refractivity contribution in [1.29, 1.82) is 0 Å². The molecule has 6 nitrogen and oxygen atoms in total. The fourth-order valence-electron chi connectivity index (χ4n) is 1.47. The Kier molecular flexibility index (Phi) is 5.04. The summed E-state index contributed by atoms with van der Waals surface area (Å²) in [4.78, 5) is 10.6. The molecule has 0 aromatic heterocycles. The molecule has 0 bridgehead atoms. The molecular weight excluding hydrogens is 270 g/mol. The summed E-state index contributed by atoms with van der Waals surface area (Å²) in [5.41, 5.74) is 0.532. The molecule has 0 aliphatic rings. The van der Waals surface area contributed by atoms with Crippen molar-refractivity contribution in [3.05, 3.63) is 29.8 Å². The number of aliphatic hydroxyl groups is 1. The van der Waals surface area contributed by atoms with Gasteiger partial charge in [0.2, 0.25) is 10.0 Å². The molecule has 0 aliphatic heterocycles. The predicted octanol–water partition coefficient (Wildman–Crippen LogP) is 0.315. The van der Waals surface area contributed by atoms with Gasteiger partial charge in [0.1, 0.15) is 0 Å². The highest BCUT2D eigenvalue weighted by Gasteiger charge is 2.24. The monoisotopic (exact) mass is 287 g/mol. The number of carboxylic acid groups (broad SMARTS) is 1. The molecule has 1 atom stereocenters. The Morgan fingerprint density at radius 2 is 1.84 bits per heavy atom. The van der Waals surface area contributed by atoms with Gasteiger partial charge in [-0.15, -0.1) is 0 Å². The van der Waals surface area contributed by atoms with Gasteiger partial charge >= 0.3 is 5.97 Å². The van der Waals surface area contributed by atoms with E-state index in [9.17, 15) is 13.2 Å². The Hall–Kier alpha value is -1.44. The number of nitrogens with zero attached hydrogens (tertiary/aromatic N) is 1. The van der Waals surface area contributed by atoms with Crippen molar-refractivity contribution in [2.24, 2.45) is 0 Å². The molecule has 106 valence electrons. The zero-order chi connectivity index (χ0) is 14.6. The molecule has 2 N–H and O–H groups in total. The van der Waals surface area contributed by atoms with Crippen LogP contribution >= 0.6 is 0 Å². The molecule has 1 aromatic carbocycles. The van der Waals surface area contributed by atoms with Crippen LogP contribution in [0.5, 0.6) is 0 Å². The largest absolute Gasteiger partial charge is 0.481 e. The van der Waals surface area contributed by atoms with Gasteiger partial charge in [0.15, 0.2) is 0 Å². The Balaban J connectivity index is 3.00. The van der Waals surface area contributed by atoms with Gasteiger partial charge in [0, 0.05) is 13.1 Å². The van der Waals surface area contributed by atoms with E-state index in [1.807, 2.05) is 0 Å². The lowest BCUT2D eigenvalue weighted by molar-refractivity contribution is -0.136. The van der Waals surface area contributed by atoms with Gasteiger partial charge in [-0.1, -0.05) is 12.1 Å². The van der Waals surface area contributed by atoms with E-state index in [1.54, 1.807) is 6.92 Å². The number of aliphatic carboxylic acids is 1. The van der Waals surface area contributed by atoms with Crippen molar-refractivity contribution in [3.63, 3.8) is 0 Å². The predicted molar refractivity (Wildman–Crippen MR) is 69.3 cm³/mol. The maximum Gasteiger partial charge on any atom is 0.307 e. The maximum absolute atomic E-state index is 12.2. The lowest BCUT2D eigenvalue weighted by atomic mass is 10.2. The molecule has 0 fully saturated rings. The van der Waals surface area contributed by atoms with Crippen molar-refractivity contribution in [3.8, 4) is 0 Å². The molecule has 0 aliphatic carbocycles. The average molecular weight is 287 g/mol. The third-order valence-electron chi connectivity index (χ3n) is 2.84. The van der Waals surface area contributed by atoms with Crippen LogP contribution in [0.1, 0.15) is 12.5 Å². The summed E-state index contributed by atoms with van der Waals surface area (Å²) in [6, 6.07) is 5.16. The van der Waals surface area contributed by atoms with Crippen LogP contribution in [-0.2, 0) is 21.2 Å². The number of aliphatic hydroxyl groups excluding tert-OH is 1. The Bertz CT molecular complexity index is 538. The fraction of sp³-hybridized carbons (Fsp3) is 0.417. The van der Waals surface area contributed by atoms with Gasteiger partial charge in [-0.3, -0.25) is 4.79 Å². The third-order valence-corrected chi connectivity index (χ3v) is 4.83. The molecular formula is C12H17NO5S. The number of benzene rings is 1. The molecule has 0 saturated heterocycles. The first-order chi connectivity index (χ1) is 8.78. The number of rotatable bonds is 6. The van der Waals surface area contributed by atoms with Crippen molar-refractivity contribution >= 4 is 16.0 Å². The minimum Gasteiger partial charge on any atom is -0.481 e. The molecule has 0 heterocycles. The first kappa shape index (κ1) is 15.6. The molecule has 1 aromatic rings. The van der Waals surface area contributed by atoms with E-state index in [0.717, 1.165) is 4.31 Å². The summed E-state index contributed by atoms with van der Waals surface area (Å²) in [5.74, 6) is -0.971. The van der Waals surface area contributed by atoms with E-state index in [0.29, 0.717) is 5.56 Å². The number of hydrogen-bond donors (Lipinski definition) is 2. The summed E-state index contributed by atoms with van der Waals surface area (Å²) >= 11 is 0. The van der Waals surface area contributed by atoms with E-state index in [-0.39, 0.29) is 17.9 Å². The molecule has 1 unspecified atom stereocenters. The van der Waals surface area contributed by atoms with Crippen molar-refractivity contribution in [2.75, 3.05) is 13.7 Å². The SMILES string of the molecule is CC(CO)N(C)S(=O)(=O)c1ccc(CC(=O)O)cc1. The average Bonchev–Trinajstić information content (AvgIpc) is 2.36. The van der Waals surface area contributed by atoms with Crippen LogP contribution in [0, 0.1) is 0 Å². The molecule has 1 rings (SSSR count). The third kappa shape index (κ3) is 3.76. The maximum atomic E-state index is 12.2. The smallest absolute Gasteiger partial charge is 0.307 e. The minimum absolute atomic E-state index is 0.0736. The molecule has 0 saturated carbocycles. The number of carboxylic acids is 1. The van der Waals surface area contributed by atoms with Gasteiger partial charge in [-0.2, -0.15) is 4.31 Å². The fourth-order valence-corrected chi connectivity index (χ4v) is 2.83. The Labute approximate surface area is 112 Å². The topological polar surface area (TPSA) is 94.9 Å². The highest BCUT2D eigenvalue weighted by atomic mass is 32.2. The number of sulfonamides is 1. The van der Waals surface area contributed by atoms with Crippen LogP contribution < -0.4 is 0 Å². The van der Waals surface area contributed by atoms with Crippen LogP contribution in [0.15, 0.2) is 29.2 Å². The zero-order valence-corrected chi connectivity index (χ0v) is 11.6. The lowest BCUT2D eigenvalue weighted by Gasteiger charge is -2.22. The second-order valence-corrected chi connectivity index (χ2v) is 6.26. The van der Waals surface area contributed by atoms with Crippen molar-refractivity contribution < 1.29 is 23.4 Å². The van der Waals surface area contributed by atoms with Gasteiger partial charge < -0.3 is 10.2 Å². The molecule has 19 heavy (non-hydrogen) atoms. The Morgan fingerprint density at radius 1 is 1.32 bits per heavy atom. The van der Waals surface area contributed by atoms with E-state index in [2.05, 4.69) is 0 Å². The summed E-state index contributed by atoms with van der Waals surface area (Å²) in [5, 5.41) is 17.6. The first-order valence-electron chi connectivity index (χ1n) is 5.68. The summed E-state index contributed by atoms with van der Waals surface area (Å²) in [6.07, 6.45) is -0.150. The van der Waals surface area contributed by atoms with Crippen LogP contribution in [0.25, 0.3) is 0 Å². The van der Waals surface area contributed by atoms with Gasteiger partial charge in [-0.25, -0.2) is 8.42 Å². The van der Waals surface area contributed by atoms with Crippen LogP contribution in [0.2, 0.25) is 0 Å². The normalized spacial score (nSPS) is 13.5. The highest BCUT2D eigenvalue weighted by molar-refractivity contribution is 7.89. The molecule has 0 amide bonds. The van der Waals surface area contributed by atoms with Gasteiger partial charge in [0.05, 0.1) is 17.9 Å².